The minimum atomic E-state index is 0.0641. The van der Waals surface area contributed by atoms with Gasteiger partial charge in [-0.25, -0.2) is 0 Å². The van der Waals surface area contributed by atoms with Crippen molar-refractivity contribution in [1.82, 2.24) is 14.7 Å². The molecule has 1 aromatic carbocycles. The Morgan fingerprint density at radius 3 is 2.59 bits per heavy atom. The minimum absolute atomic E-state index is 0.0641. The van der Waals surface area contributed by atoms with Crippen LogP contribution in [0.3, 0.4) is 0 Å². The van der Waals surface area contributed by atoms with E-state index in [4.69, 9.17) is 16.3 Å². The van der Waals surface area contributed by atoms with Crippen molar-refractivity contribution in [1.29, 1.82) is 0 Å². The first-order valence-electron chi connectivity index (χ1n) is 9.07. The van der Waals surface area contributed by atoms with Crippen LogP contribution in [0.1, 0.15) is 34.8 Å². The quantitative estimate of drug-likeness (QED) is 0.652. The highest BCUT2D eigenvalue weighted by Crippen LogP contribution is 2.30. The van der Waals surface area contributed by atoms with Crippen LogP contribution in [0.2, 0.25) is 5.02 Å². The molecule has 0 spiro atoms. The van der Waals surface area contributed by atoms with Gasteiger partial charge in [0, 0.05) is 23.5 Å². The van der Waals surface area contributed by atoms with Gasteiger partial charge in [0.25, 0.3) is 5.91 Å². The number of ether oxygens (including phenoxy) is 1. The van der Waals surface area contributed by atoms with Gasteiger partial charge in [-0.1, -0.05) is 23.7 Å². The van der Waals surface area contributed by atoms with E-state index in [-0.39, 0.29) is 18.1 Å². The lowest BCUT2D eigenvalue weighted by Crippen LogP contribution is -2.48. The maximum absolute atomic E-state index is 13.0. The van der Waals surface area contributed by atoms with E-state index in [1.165, 1.54) is 11.3 Å². The number of rotatable bonds is 3. The molecule has 0 aliphatic carbocycles. The van der Waals surface area contributed by atoms with Gasteiger partial charge in [0.2, 0.25) is 0 Å². The van der Waals surface area contributed by atoms with Crippen LogP contribution >= 0.6 is 22.9 Å². The molecule has 3 aromatic rings. The van der Waals surface area contributed by atoms with Crippen LogP contribution in [0.4, 0.5) is 0 Å². The number of aromatic nitrogens is 2. The highest BCUT2D eigenvalue weighted by atomic mass is 35.5. The number of carbonyl (C=O) groups excluding carboxylic acids is 1. The van der Waals surface area contributed by atoms with Crippen LogP contribution < -0.4 is 0 Å². The standard InChI is InChI=1S/C20H22ClN3O2S/c1-12-9-23(10-13(2)26-12)19(25)18-8-17-14(3)22-24(20(17)27-18)11-15-4-6-16(21)7-5-15/h4-8,12-13H,9-11H2,1-3H3/t12-,13+. The fourth-order valence-electron chi connectivity index (χ4n) is 3.59. The van der Waals surface area contributed by atoms with E-state index >= 15 is 0 Å². The molecule has 2 aromatic heterocycles. The van der Waals surface area contributed by atoms with Gasteiger partial charge in [-0.3, -0.25) is 9.48 Å². The van der Waals surface area contributed by atoms with E-state index in [1.807, 2.05) is 60.7 Å². The Labute approximate surface area is 167 Å². The number of hydrogen-bond acceptors (Lipinski definition) is 4. The number of fused-ring (bicyclic) bond motifs is 1. The fourth-order valence-corrected chi connectivity index (χ4v) is 4.84. The molecule has 142 valence electrons. The van der Waals surface area contributed by atoms with Crippen LogP contribution in [0.5, 0.6) is 0 Å². The number of morpholine rings is 1. The van der Waals surface area contributed by atoms with Crippen LogP contribution in [0, 0.1) is 6.92 Å². The molecule has 27 heavy (non-hydrogen) atoms. The van der Waals surface area contributed by atoms with Crippen molar-refractivity contribution >= 4 is 39.1 Å². The van der Waals surface area contributed by atoms with Crippen molar-refractivity contribution in [3.8, 4) is 0 Å². The van der Waals surface area contributed by atoms with Crippen LogP contribution in [0.15, 0.2) is 30.3 Å². The lowest BCUT2D eigenvalue weighted by atomic mass is 10.2. The Morgan fingerprint density at radius 2 is 1.93 bits per heavy atom. The molecule has 3 heterocycles. The second-order valence-corrected chi connectivity index (χ2v) is 8.63. The highest BCUT2D eigenvalue weighted by molar-refractivity contribution is 7.20. The van der Waals surface area contributed by atoms with Gasteiger partial charge in [0.1, 0.15) is 4.83 Å². The SMILES string of the molecule is Cc1nn(Cc2ccc(Cl)cc2)c2sc(C(=O)N3C[C@@H](C)O[C@@H](C)C3)cc12. The molecule has 1 saturated heterocycles. The maximum atomic E-state index is 13.0. The van der Waals surface area contributed by atoms with Gasteiger partial charge in [0.05, 0.1) is 29.3 Å². The number of hydrogen-bond donors (Lipinski definition) is 0. The summed E-state index contributed by atoms with van der Waals surface area (Å²) in [4.78, 5) is 16.7. The third-order valence-electron chi connectivity index (χ3n) is 4.77. The number of benzene rings is 1. The normalized spacial score (nSPS) is 20.4. The first-order valence-corrected chi connectivity index (χ1v) is 10.3. The Kier molecular flexibility index (Phi) is 4.97. The van der Waals surface area contributed by atoms with E-state index < -0.39 is 0 Å². The summed E-state index contributed by atoms with van der Waals surface area (Å²) in [6, 6.07) is 9.75. The smallest absolute Gasteiger partial charge is 0.264 e. The predicted molar refractivity (Wildman–Crippen MR) is 109 cm³/mol. The predicted octanol–water partition coefficient (Wildman–Crippen LogP) is 4.36. The van der Waals surface area contributed by atoms with Gasteiger partial charge < -0.3 is 9.64 Å². The molecule has 0 unspecified atom stereocenters. The molecule has 1 aliphatic heterocycles. The van der Waals surface area contributed by atoms with Crippen molar-refractivity contribution in [3.05, 3.63) is 51.5 Å². The van der Waals surface area contributed by atoms with E-state index in [9.17, 15) is 4.79 Å². The number of thiophene rings is 1. The van der Waals surface area contributed by atoms with E-state index in [0.717, 1.165) is 31.4 Å². The van der Waals surface area contributed by atoms with Crippen molar-refractivity contribution in [2.75, 3.05) is 13.1 Å². The summed E-state index contributed by atoms with van der Waals surface area (Å²) in [6.07, 6.45) is 0.128. The van der Waals surface area contributed by atoms with Crippen LogP contribution in [-0.2, 0) is 11.3 Å². The minimum Gasteiger partial charge on any atom is -0.372 e. The van der Waals surface area contributed by atoms with Crippen molar-refractivity contribution < 1.29 is 9.53 Å². The summed E-state index contributed by atoms with van der Waals surface area (Å²) in [7, 11) is 0. The lowest BCUT2D eigenvalue weighted by Gasteiger charge is -2.35. The molecule has 0 bridgehead atoms. The van der Waals surface area contributed by atoms with Gasteiger partial charge in [0.15, 0.2) is 0 Å². The third-order valence-corrected chi connectivity index (χ3v) is 6.16. The molecule has 0 saturated carbocycles. The van der Waals surface area contributed by atoms with Gasteiger partial charge >= 0.3 is 0 Å². The molecule has 1 amide bonds. The van der Waals surface area contributed by atoms with Crippen molar-refractivity contribution in [3.63, 3.8) is 0 Å². The van der Waals surface area contributed by atoms with Gasteiger partial charge in [-0.05, 0) is 44.5 Å². The van der Waals surface area contributed by atoms with Crippen molar-refractivity contribution in [2.45, 2.75) is 39.5 Å². The second-order valence-electron chi connectivity index (χ2n) is 7.17. The largest absolute Gasteiger partial charge is 0.372 e. The zero-order valence-electron chi connectivity index (χ0n) is 15.6. The summed E-state index contributed by atoms with van der Waals surface area (Å²) in [5, 5.41) is 6.42. The summed E-state index contributed by atoms with van der Waals surface area (Å²) in [5.41, 5.74) is 2.07. The topological polar surface area (TPSA) is 47.4 Å². The Bertz CT molecular complexity index is 969. The Morgan fingerprint density at radius 1 is 1.26 bits per heavy atom. The summed E-state index contributed by atoms with van der Waals surface area (Å²) in [6.45, 7) is 7.92. The Balaban J connectivity index is 1.62. The first kappa shape index (κ1) is 18.5. The molecule has 5 nitrogen and oxygen atoms in total. The lowest BCUT2D eigenvalue weighted by molar-refractivity contribution is -0.0585. The van der Waals surface area contributed by atoms with E-state index in [1.54, 1.807) is 0 Å². The van der Waals surface area contributed by atoms with Crippen LogP contribution in [0.25, 0.3) is 10.2 Å². The van der Waals surface area contributed by atoms with Crippen molar-refractivity contribution in [2.24, 2.45) is 0 Å². The fraction of sp³-hybridized carbons (Fsp3) is 0.400. The van der Waals surface area contributed by atoms with Crippen LogP contribution in [-0.4, -0.2) is 45.9 Å². The molecule has 0 N–H and O–H groups in total. The number of aryl methyl sites for hydroxylation is 1. The number of halogens is 1. The first-order chi connectivity index (χ1) is 12.9. The monoisotopic (exact) mass is 403 g/mol. The summed E-state index contributed by atoms with van der Waals surface area (Å²) < 4.78 is 7.72. The molecule has 2 atom stereocenters. The van der Waals surface area contributed by atoms with E-state index in [2.05, 4.69) is 5.10 Å². The molecular weight excluding hydrogens is 382 g/mol. The molecule has 1 fully saturated rings. The van der Waals surface area contributed by atoms with E-state index in [0.29, 0.717) is 19.6 Å². The molecule has 4 rings (SSSR count). The number of nitrogens with zero attached hydrogens (tertiary/aromatic N) is 3. The molecular formula is C20H22ClN3O2S. The highest BCUT2D eigenvalue weighted by Gasteiger charge is 2.28. The maximum Gasteiger partial charge on any atom is 0.264 e. The molecule has 7 heteroatoms. The van der Waals surface area contributed by atoms with Gasteiger partial charge in [-0.15, -0.1) is 11.3 Å². The number of amides is 1. The van der Waals surface area contributed by atoms with Gasteiger partial charge in [-0.2, -0.15) is 5.10 Å². The average molecular weight is 404 g/mol. The second kappa shape index (κ2) is 7.26. The Hall–Kier alpha value is -1.89. The summed E-state index contributed by atoms with van der Waals surface area (Å²) >= 11 is 7.49. The average Bonchev–Trinajstić information content (AvgIpc) is 3.17. The molecule has 1 aliphatic rings. The third kappa shape index (κ3) is 3.74. The zero-order chi connectivity index (χ0) is 19.1. The molecule has 0 radical (unpaired) electrons. The summed E-state index contributed by atoms with van der Waals surface area (Å²) in [5.74, 6) is 0.0793. The zero-order valence-corrected chi connectivity index (χ0v) is 17.2. The number of carbonyl (C=O) groups is 1.